The summed E-state index contributed by atoms with van der Waals surface area (Å²) in [6.45, 7) is 0. The van der Waals surface area contributed by atoms with Crippen molar-refractivity contribution in [3.8, 4) is 23.2 Å². The highest BCUT2D eigenvalue weighted by molar-refractivity contribution is 6.06. The lowest BCUT2D eigenvalue weighted by atomic mass is 10.1. The van der Waals surface area contributed by atoms with Crippen molar-refractivity contribution in [1.29, 1.82) is 5.26 Å². The molecule has 9 heteroatoms. The lowest BCUT2D eigenvalue weighted by molar-refractivity contribution is 0.0686. The topological polar surface area (TPSA) is 156 Å². The van der Waals surface area contributed by atoms with E-state index in [0.717, 1.165) is 0 Å². The molecule has 0 bridgehead atoms. The number of aromatic hydroxyl groups is 1. The average Bonchev–Trinajstić information content (AvgIpc) is 2.70. The minimum Gasteiger partial charge on any atom is -0.501 e. The number of benzene rings is 2. The number of aromatic amines is 1. The molecule has 0 saturated heterocycles. The smallest absolute Gasteiger partial charge is 0.358 e. The third-order valence-electron chi connectivity index (χ3n) is 3.78. The first-order valence-corrected chi connectivity index (χ1v) is 7.88. The normalized spacial score (nSPS) is 10.1. The maximum Gasteiger partial charge on any atom is 0.358 e. The molecule has 2 aromatic carbocycles. The third-order valence-corrected chi connectivity index (χ3v) is 3.78. The number of carboxylic acid groups (broad SMARTS) is 1. The molecule has 138 valence electrons. The van der Waals surface area contributed by atoms with Crippen LogP contribution in [0.4, 0.5) is 5.69 Å². The van der Waals surface area contributed by atoms with E-state index in [9.17, 15) is 19.5 Å². The van der Waals surface area contributed by atoms with Gasteiger partial charge in [0.25, 0.3) is 11.5 Å². The van der Waals surface area contributed by atoms with Gasteiger partial charge in [-0.15, -0.1) is 0 Å². The van der Waals surface area contributed by atoms with Gasteiger partial charge >= 0.3 is 5.97 Å². The molecule has 9 nitrogen and oxygen atoms in total. The van der Waals surface area contributed by atoms with Gasteiger partial charge in [-0.2, -0.15) is 5.26 Å². The van der Waals surface area contributed by atoms with Crippen LogP contribution in [0.2, 0.25) is 0 Å². The highest BCUT2D eigenvalue weighted by Crippen LogP contribution is 2.26. The Kier molecular flexibility index (Phi) is 4.87. The standard InChI is InChI=1S/C19H12N4O5/c20-9-10-4-3-5-11(8-10)17(25)21-13-7-2-1-6-12(13)16-22-14(19(27)28)15(24)18(26)23-16/h1-8,24H,(H,21,25)(H,27,28)(H,22,23,26). The number of nitriles is 1. The van der Waals surface area contributed by atoms with Crippen LogP contribution in [0.5, 0.6) is 5.75 Å². The van der Waals surface area contributed by atoms with Gasteiger partial charge in [0.1, 0.15) is 5.82 Å². The molecule has 4 N–H and O–H groups in total. The molecule has 0 radical (unpaired) electrons. The van der Waals surface area contributed by atoms with Crippen LogP contribution in [0.15, 0.2) is 53.3 Å². The summed E-state index contributed by atoms with van der Waals surface area (Å²) in [6.07, 6.45) is 0. The molecular formula is C19H12N4O5. The van der Waals surface area contributed by atoms with Gasteiger partial charge in [0, 0.05) is 11.1 Å². The minimum absolute atomic E-state index is 0.137. The van der Waals surface area contributed by atoms with E-state index in [-0.39, 0.29) is 22.6 Å². The fourth-order valence-corrected chi connectivity index (χ4v) is 2.47. The molecule has 1 heterocycles. The van der Waals surface area contributed by atoms with Crippen molar-refractivity contribution < 1.29 is 19.8 Å². The Labute approximate surface area is 157 Å². The first-order chi connectivity index (χ1) is 13.4. The molecule has 0 fully saturated rings. The summed E-state index contributed by atoms with van der Waals surface area (Å²) in [5, 5.41) is 30.3. The minimum atomic E-state index is -1.57. The Morgan fingerprint density at radius 1 is 1.14 bits per heavy atom. The van der Waals surface area contributed by atoms with Crippen LogP contribution < -0.4 is 10.9 Å². The van der Waals surface area contributed by atoms with Crippen molar-refractivity contribution in [1.82, 2.24) is 9.97 Å². The van der Waals surface area contributed by atoms with E-state index < -0.39 is 28.9 Å². The molecule has 0 spiro atoms. The number of aromatic nitrogens is 2. The summed E-state index contributed by atoms with van der Waals surface area (Å²) in [4.78, 5) is 41.6. The molecule has 3 aromatic rings. The van der Waals surface area contributed by atoms with Gasteiger partial charge in [-0.3, -0.25) is 9.59 Å². The molecule has 1 amide bonds. The first-order valence-electron chi connectivity index (χ1n) is 7.88. The van der Waals surface area contributed by atoms with Gasteiger partial charge in [0.15, 0.2) is 5.69 Å². The summed E-state index contributed by atoms with van der Waals surface area (Å²) in [5.41, 5.74) is -0.775. The summed E-state index contributed by atoms with van der Waals surface area (Å²) in [6, 6.07) is 14.3. The van der Waals surface area contributed by atoms with Gasteiger partial charge < -0.3 is 20.5 Å². The summed E-state index contributed by atoms with van der Waals surface area (Å²) in [5.74, 6) is -3.23. The highest BCUT2D eigenvalue weighted by Gasteiger charge is 2.19. The average molecular weight is 376 g/mol. The van der Waals surface area contributed by atoms with Crippen LogP contribution in [-0.2, 0) is 0 Å². The van der Waals surface area contributed by atoms with Gasteiger partial charge in [0.2, 0.25) is 5.75 Å². The van der Waals surface area contributed by atoms with E-state index >= 15 is 0 Å². The monoisotopic (exact) mass is 376 g/mol. The Bertz CT molecular complexity index is 1190. The molecule has 0 saturated carbocycles. The summed E-state index contributed by atoms with van der Waals surface area (Å²) >= 11 is 0. The summed E-state index contributed by atoms with van der Waals surface area (Å²) in [7, 11) is 0. The molecule has 0 aliphatic heterocycles. The number of carbonyl (C=O) groups is 2. The lowest BCUT2D eigenvalue weighted by Gasteiger charge is -2.11. The van der Waals surface area contributed by atoms with Crippen LogP contribution in [0.25, 0.3) is 11.4 Å². The van der Waals surface area contributed by atoms with E-state index in [1.165, 1.54) is 24.3 Å². The predicted octanol–water partition coefficient (Wildman–Crippen LogP) is 1.96. The van der Waals surface area contributed by atoms with E-state index in [1.807, 2.05) is 6.07 Å². The van der Waals surface area contributed by atoms with Crippen molar-refractivity contribution in [3.63, 3.8) is 0 Å². The number of H-pyrrole nitrogens is 1. The fraction of sp³-hybridized carbons (Fsp3) is 0. The predicted molar refractivity (Wildman–Crippen MR) is 98.0 cm³/mol. The zero-order chi connectivity index (χ0) is 20.3. The molecular weight excluding hydrogens is 364 g/mol. The van der Waals surface area contributed by atoms with Crippen molar-refractivity contribution in [2.45, 2.75) is 0 Å². The molecule has 3 rings (SSSR count). The van der Waals surface area contributed by atoms with Crippen molar-refractivity contribution in [2.75, 3.05) is 5.32 Å². The molecule has 28 heavy (non-hydrogen) atoms. The van der Waals surface area contributed by atoms with E-state index in [4.69, 9.17) is 10.4 Å². The molecule has 0 aliphatic carbocycles. The number of anilines is 1. The first kappa shape index (κ1) is 18.3. The number of hydrogen-bond donors (Lipinski definition) is 4. The number of carbonyl (C=O) groups excluding carboxylic acids is 1. The summed E-state index contributed by atoms with van der Waals surface area (Å²) < 4.78 is 0. The van der Waals surface area contributed by atoms with Gasteiger partial charge in [-0.25, -0.2) is 9.78 Å². The van der Waals surface area contributed by atoms with Crippen LogP contribution >= 0.6 is 0 Å². The van der Waals surface area contributed by atoms with Crippen LogP contribution in [0, 0.1) is 11.3 Å². The van der Waals surface area contributed by atoms with E-state index in [1.54, 1.807) is 24.3 Å². The molecule has 0 atom stereocenters. The molecule has 0 unspecified atom stereocenters. The van der Waals surface area contributed by atoms with Crippen LogP contribution in [0.3, 0.4) is 0 Å². The number of nitrogens with one attached hydrogen (secondary N) is 2. The Balaban J connectivity index is 2.03. The van der Waals surface area contributed by atoms with Gasteiger partial charge in [-0.1, -0.05) is 18.2 Å². The maximum atomic E-state index is 12.5. The number of nitrogens with zero attached hydrogens (tertiary/aromatic N) is 2. The van der Waals surface area contributed by atoms with Crippen LogP contribution in [-0.4, -0.2) is 32.1 Å². The largest absolute Gasteiger partial charge is 0.501 e. The highest BCUT2D eigenvalue weighted by atomic mass is 16.4. The molecule has 1 aromatic heterocycles. The maximum absolute atomic E-state index is 12.5. The Morgan fingerprint density at radius 2 is 1.89 bits per heavy atom. The van der Waals surface area contributed by atoms with Crippen molar-refractivity contribution >= 4 is 17.6 Å². The zero-order valence-electron chi connectivity index (χ0n) is 14.1. The second-order valence-electron chi connectivity index (χ2n) is 5.61. The zero-order valence-corrected chi connectivity index (χ0v) is 14.1. The quantitative estimate of drug-likeness (QED) is 0.542. The third kappa shape index (κ3) is 3.56. The van der Waals surface area contributed by atoms with Crippen molar-refractivity contribution in [2.24, 2.45) is 0 Å². The van der Waals surface area contributed by atoms with E-state index in [2.05, 4.69) is 15.3 Å². The SMILES string of the molecule is N#Cc1cccc(C(=O)Nc2ccccc2-c2nc(C(=O)O)c(O)c(=O)[nH]2)c1. The van der Waals surface area contributed by atoms with Gasteiger partial charge in [-0.05, 0) is 30.3 Å². The Hall–Kier alpha value is -4.45. The number of rotatable bonds is 4. The van der Waals surface area contributed by atoms with Crippen molar-refractivity contribution in [3.05, 3.63) is 75.7 Å². The second kappa shape index (κ2) is 7.43. The molecule has 0 aliphatic rings. The van der Waals surface area contributed by atoms with Gasteiger partial charge in [0.05, 0.1) is 17.3 Å². The number of carboxylic acids is 1. The number of aromatic carboxylic acids is 1. The lowest BCUT2D eigenvalue weighted by Crippen LogP contribution is -2.17. The number of hydrogen-bond acceptors (Lipinski definition) is 6. The second-order valence-corrected chi connectivity index (χ2v) is 5.61. The fourth-order valence-electron chi connectivity index (χ4n) is 2.47. The van der Waals surface area contributed by atoms with Crippen LogP contribution in [0.1, 0.15) is 26.4 Å². The number of amides is 1. The number of para-hydroxylation sites is 1. The Morgan fingerprint density at radius 3 is 2.61 bits per heavy atom. The van der Waals surface area contributed by atoms with E-state index in [0.29, 0.717) is 5.56 Å².